The molecule has 2 nitrogen and oxygen atoms in total. The summed E-state index contributed by atoms with van der Waals surface area (Å²) < 4.78 is 13.4. The Morgan fingerprint density at radius 1 is 1.37 bits per heavy atom. The molecule has 1 saturated heterocycles. The largest absolute Gasteiger partial charge is 0.297 e. The van der Waals surface area contributed by atoms with Gasteiger partial charge in [-0.2, -0.15) is 5.26 Å². The summed E-state index contributed by atoms with van der Waals surface area (Å²) in [5, 5.41) is 9.87. The lowest BCUT2D eigenvalue weighted by atomic mass is 9.90. The quantitative estimate of drug-likeness (QED) is 0.782. The first kappa shape index (κ1) is 14.3. The SMILES string of the molecule is CC(C)(C)N1C[C@H](c2cc(F)ccc2Cl)[C@@H](C#N)C1. The van der Waals surface area contributed by atoms with E-state index < -0.39 is 0 Å². The predicted molar refractivity (Wildman–Crippen MR) is 74.6 cm³/mol. The lowest BCUT2D eigenvalue weighted by Gasteiger charge is -2.31. The van der Waals surface area contributed by atoms with Crippen LogP contribution in [0.3, 0.4) is 0 Å². The summed E-state index contributed by atoms with van der Waals surface area (Å²) >= 11 is 6.17. The van der Waals surface area contributed by atoms with E-state index in [0.29, 0.717) is 11.6 Å². The molecular weight excluding hydrogens is 263 g/mol. The zero-order valence-corrected chi connectivity index (χ0v) is 12.2. The van der Waals surface area contributed by atoms with E-state index in [1.54, 1.807) is 6.07 Å². The highest BCUT2D eigenvalue weighted by Gasteiger charge is 2.39. The Hall–Kier alpha value is -1.11. The van der Waals surface area contributed by atoms with Gasteiger partial charge in [-0.3, -0.25) is 4.90 Å². The van der Waals surface area contributed by atoms with Crippen molar-refractivity contribution >= 4 is 11.6 Å². The summed E-state index contributed by atoms with van der Waals surface area (Å²) in [6, 6.07) is 6.72. The third-order valence-corrected chi connectivity index (χ3v) is 4.14. The van der Waals surface area contributed by atoms with E-state index in [-0.39, 0.29) is 23.2 Å². The van der Waals surface area contributed by atoms with Crippen LogP contribution in [0.2, 0.25) is 5.02 Å². The molecule has 102 valence electrons. The van der Waals surface area contributed by atoms with Crippen molar-refractivity contribution in [3.63, 3.8) is 0 Å². The zero-order valence-electron chi connectivity index (χ0n) is 11.5. The van der Waals surface area contributed by atoms with E-state index in [2.05, 4.69) is 31.7 Å². The van der Waals surface area contributed by atoms with E-state index in [1.165, 1.54) is 12.1 Å². The van der Waals surface area contributed by atoms with Crippen LogP contribution < -0.4 is 0 Å². The van der Waals surface area contributed by atoms with Gasteiger partial charge in [-0.1, -0.05) is 11.6 Å². The first-order chi connectivity index (χ1) is 8.82. The molecule has 0 bridgehead atoms. The predicted octanol–water partition coefficient (Wildman–Crippen LogP) is 3.82. The molecule has 2 atom stereocenters. The maximum atomic E-state index is 13.4. The molecule has 0 unspecified atom stereocenters. The maximum Gasteiger partial charge on any atom is 0.123 e. The molecule has 1 heterocycles. The molecule has 19 heavy (non-hydrogen) atoms. The fraction of sp³-hybridized carbons (Fsp3) is 0.533. The molecule has 0 spiro atoms. The van der Waals surface area contributed by atoms with E-state index in [0.717, 1.165) is 12.1 Å². The molecule has 1 fully saturated rings. The monoisotopic (exact) mass is 280 g/mol. The van der Waals surface area contributed by atoms with Crippen molar-refractivity contribution in [2.75, 3.05) is 13.1 Å². The Bertz CT molecular complexity index is 516. The number of nitrogens with zero attached hydrogens (tertiary/aromatic N) is 2. The topological polar surface area (TPSA) is 27.0 Å². The van der Waals surface area contributed by atoms with Crippen LogP contribution in [0.25, 0.3) is 0 Å². The van der Waals surface area contributed by atoms with E-state index in [9.17, 15) is 9.65 Å². The van der Waals surface area contributed by atoms with Crippen molar-refractivity contribution in [1.82, 2.24) is 4.90 Å². The highest BCUT2D eigenvalue weighted by molar-refractivity contribution is 6.31. The van der Waals surface area contributed by atoms with Gasteiger partial charge >= 0.3 is 0 Å². The average molecular weight is 281 g/mol. The van der Waals surface area contributed by atoms with Crippen LogP contribution in [0.15, 0.2) is 18.2 Å². The second kappa shape index (κ2) is 5.11. The first-order valence-electron chi connectivity index (χ1n) is 6.42. The first-order valence-corrected chi connectivity index (χ1v) is 6.80. The Balaban J connectivity index is 2.34. The molecule has 0 N–H and O–H groups in total. The number of hydrogen-bond acceptors (Lipinski definition) is 2. The average Bonchev–Trinajstić information content (AvgIpc) is 2.76. The third kappa shape index (κ3) is 2.91. The highest BCUT2D eigenvalue weighted by atomic mass is 35.5. The minimum Gasteiger partial charge on any atom is -0.297 e. The summed E-state index contributed by atoms with van der Waals surface area (Å²) in [7, 11) is 0. The van der Waals surface area contributed by atoms with Crippen LogP contribution in [0.4, 0.5) is 4.39 Å². The number of hydrogen-bond donors (Lipinski definition) is 0. The van der Waals surface area contributed by atoms with Crippen molar-refractivity contribution in [2.24, 2.45) is 5.92 Å². The van der Waals surface area contributed by atoms with Gasteiger partial charge in [0.05, 0.1) is 12.0 Å². The molecule has 0 saturated carbocycles. The molecule has 0 aliphatic carbocycles. The van der Waals surface area contributed by atoms with Crippen molar-refractivity contribution in [3.05, 3.63) is 34.6 Å². The van der Waals surface area contributed by atoms with Crippen LogP contribution in [0.1, 0.15) is 32.3 Å². The van der Waals surface area contributed by atoms with Gasteiger partial charge < -0.3 is 0 Å². The van der Waals surface area contributed by atoms with Crippen molar-refractivity contribution < 1.29 is 4.39 Å². The van der Waals surface area contributed by atoms with Gasteiger partial charge in [-0.25, -0.2) is 4.39 Å². The minimum atomic E-state index is -0.301. The Morgan fingerprint density at radius 3 is 2.63 bits per heavy atom. The zero-order chi connectivity index (χ0) is 14.2. The fourth-order valence-electron chi connectivity index (χ4n) is 2.60. The Kier molecular flexibility index (Phi) is 3.85. The van der Waals surface area contributed by atoms with Crippen molar-refractivity contribution in [2.45, 2.75) is 32.2 Å². The minimum absolute atomic E-state index is 0.00362. The normalized spacial score (nSPS) is 24.4. The van der Waals surface area contributed by atoms with Crippen molar-refractivity contribution in [3.8, 4) is 6.07 Å². The molecule has 2 rings (SSSR count). The molecule has 0 aromatic heterocycles. The van der Waals surface area contributed by atoms with Gasteiger partial charge in [0.2, 0.25) is 0 Å². The molecule has 0 amide bonds. The number of benzene rings is 1. The summed E-state index contributed by atoms with van der Waals surface area (Å²) in [5.41, 5.74) is 0.754. The molecule has 0 radical (unpaired) electrons. The second-order valence-electron chi connectivity index (χ2n) is 6.08. The van der Waals surface area contributed by atoms with Gasteiger partial charge in [0, 0.05) is 29.6 Å². The standard InChI is InChI=1S/C15H18ClFN2/c1-15(2,3)19-8-10(7-18)13(9-19)12-6-11(17)4-5-14(12)16/h4-6,10,13H,8-9H2,1-3H3/t10-,13-/m0/s1. The maximum absolute atomic E-state index is 13.4. The van der Waals surface area contributed by atoms with Gasteiger partial charge in [0.25, 0.3) is 0 Å². The van der Waals surface area contributed by atoms with Crippen molar-refractivity contribution in [1.29, 1.82) is 5.26 Å². The van der Waals surface area contributed by atoms with Crippen LogP contribution in [-0.2, 0) is 0 Å². The molecule has 4 heteroatoms. The number of nitriles is 1. The molecule has 1 aromatic rings. The second-order valence-corrected chi connectivity index (χ2v) is 6.49. The van der Waals surface area contributed by atoms with Gasteiger partial charge in [0.1, 0.15) is 5.82 Å². The summed E-state index contributed by atoms with van der Waals surface area (Å²) in [4.78, 5) is 2.26. The van der Waals surface area contributed by atoms with E-state index in [4.69, 9.17) is 11.6 Å². The van der Waals surface area contributed by atoms with Gasteiger partial charge in [0.15, 0.2) is 0 Å². The van der Waals surface area contributed by atoms with E-state index in [1.807, 2.05) is 0 Å². The fourth-order valence-corrected chi connectivity index (χ4v) is 2.85. The van der Waals surface area contributed by atoms with Gasteiger partial charge in [-0.15, -0.1) is 0 Å². The molecule has 1 aliphatic rings. The summed E-state index contributed by atoms with van der Waals surface area (Å²) in [6.07, 6.45) is 0. The lowest BCUT2D eigenvalue weighted by Crippen LogP contribution is -2.39. The number of rotatable bonds is 1. The summed E-state index contributed by atoms with van der Waals surface area (Å²) in [6.45, 7) is 7.81. The number of halogens is 2. The number of likely N-dealkylation sites (tertiary alicyclic amines) is 1. The molecule has 1 aliphatic heterocycles. The highest BCUT2D eigenvalue weighted by Crippen LogP contribution is 2.38. The van der Waals surface area contributed by atoms with Crippen LogP contribution >= 0.6 is 11.6 Å². The lowest BCUT2D eigenvalue weighted by molar-refractivity contribution is 0.170. The third-order valence-electron chi connectivity index (χ3n) is 3.79. The van der Waals surface area contributed by atoms with Crippen LogP contribution in [0, 0.1) is 23.1 Å². The molecule has 1 aromatic carbocycles. The van der Waals surface area contributed by atoms with Gasteiger partial charge in [-0.05, 0) is 44.5 Å². The molecular formula is C15H18ClFN2. The van der Waals surface area contributed by atoms with E-state index >= 15 is 0 Å². The van der Waals surface area contributed by atoms with Crippen LogP contribution in [0.5, 0.6) is 0 Å². The Labute approximate surface area is 118 Å². The Morgan fingerprint density at radius 2 is 2.05 bits per heavy atom. The van der Waals surface area contributed by atoms with Crippen LogP contribution in [-0.4, -0.2) is 23.5 Å². The smallest absolute Gasteiger partial charge is 0.123 e. The summed E-state index contributed by atoms with van der Waals surface area (Å²) in [5.74, 6) is -0.462.